The lowest BCUT2D eigenvalue weighted by Gasteiger charge is -2.10. The monoisotopic (exact) mass is 460 g/mol. The van der Waals surface area contributed by atoms with Crippen molar-refractivity contribution in [3.05, 3.63) is 78.8 Å². The van der Waals surface area contributed by atoms with Crippen molar-refractivity contribution in [1.29, 1.82) is 0 Å². The van der Waals surface area contributed by atoms with Crippen molar-refractivity contribution in [3.63, 3.8) is 0 Å². The molecule has 2 aromatic carbocycles. The van der Waals surface area contributed by atoms with Gasteiger partial charge in [-0.3, -0.25) is 14.3 Å². The van der Waals surface area contributed by atoms with Gasteiger partial charge < -0.3 is 10.1 Å². The van der Waals surface area contributed by atoms with Crippen LogP contribution in [0, 0.1) is 0 Å². The minimum Gasteiger partial charge on any atom is -0.462 e. The van der Waals surface area contributed by atoms with E-state index in [2.05, 4.69) is 25.5 Å². The van der Waals surface area contributed by atoms with Crippen LogP contribution in [-0.2, 0) is 9.53 Å². The van der Waals surface area contributed by atoms with Crippen LogP contribution in [0.15, 0.2) is 78.3 Å². The van der Waals surface area contributed by atoms with Crippen LogP contribution in [-0.4, -0.2) is 49.0 Å². The Balaban J connectivity index is 1.48. The molecule has 4 aromatic rings. The first-order valence-electron chi connectivity index (χ1n) is 10.1. The SMILES string of the molecule is CCOC(=O)c1ccc(NC(=O)CSc2nnc(-c3cnccn3)n2-c2ccccc2)cc1. The van der Waals surface area contributed by atoms with Crippen LogP contribution in [0.2, 0.25) is 0 Å². The van der Waals surface area contributed by atoms with E-state index in [9.17, 15) is 9.59 Å². The number of nitrogens with zero attached hydrogens (tertiary/aromatic N) is 5. The molecule has 1 amide bonds. The Kier molecular flexibility index (Phi) is 7.06. The summed E-state index contributed by atoms with van der Waals surface area (Å²) in [5, 5.41) is 11.9. The Bertz CT molecular complexity index is 1230. The molecule has 9 nitrogen and oxygen atoms in total. The summed E-state index contributed by atoms with van der Waals surface area (Å²) in [6.07, 6.45) is 4.80. The van der Waals surface area contributed by atoms with Crippen molar-refractivity contribution in [2.45, 2.75) is 12.1 Å². The van der Waals surface area contributed by atoms with Gasteiger partial charge in [0.05, 0.1) is 24.1 Å². The summed E-state index contributed by atoms with van der Waals surface area (Å²) in [7, 11) is 0. The molecule has 0 radical (unpaired) electrons. The molecule has 0 fully saturated rings. The fourth-order valence-electron chi connectivity index (χ4n) is 2.98. The number of anilines is 1. The second-order valence-electron chi connectivity index (χ2n) is 6.70. The number of carbonyl (C=O) groups excluding carboxylic acids is 2. The van der Waals surface area contributed by atoms with Gasteiger partial charge in [-0.05, 0) is 43.3 Å². The zero-order valence-corrected chi connectivity index (χ0v) is 18.5. The molecular formula is C23H20N6O3S. The average molecular weight is 461 g/mol. The number of benzene rings is 2. The molecular weight excluding hydrogens is 440 g/mol. The minimum absolute atomic E-state index is 0.116. The van der Waals surface area contributed by atoms with Crippen molar-refractivity contribution in [2.24, 2.45) is 0 Å². The lowest BCUT2D eigenvalue weighted by molar-refractivity contribution is -0.113. The summed E-state index contributed by atoms with van der Waals surface area (Å²) in [5.41, 5.74) is 2.43. The van der Waals surface area contributed by atoms with Crippen LogP contribution in [0.4, 0.5) is 5.69 Å². The van der Waals surface area contributed by atoms with Crippen molar-refractivity contribution in [2.75, 3.05) is 17.7 Å². The van der Waals surface area contributed by atoms with Crippen LogP contribution in [0.25, 0.3) is 17.2 Å². The first-order chi connectivity index (χ1) is 16.2. The van der Waals surface area contributed by atoms with Crippen LogP contribution in [0.3, 0.4) is 0 Å². The molecule has 166 valence electrons. The lowest BCUT2D eigenvalue weighted by Crippen LogP contribution is -2.15. The highest BCUT2D eigenvalue weighted by atomic mass is 32.2. The first kappa shape index (κ1) is 22.2. The molecule has 0 aliphatic rings. The molecule has 4 rings (SSSR count). The zero-order chi connectivity index (χ0) is 23.0. The number of nitrogens with one attached hydrogen (secondary N) is 1. The zero-order valence-electron chi connectivity index (χ0n) is 17.7. The van der Waals surface area contributed by atoms with E-state index in [4.69, 9.17) is 4.74 Å². The fourth-order valence-corrected chi connectivity index (χ4v) is 3.74. The maximum absolute atomic E-state index is 12.5. The number of para-hydroxylation sites is 1. The van der Waals surface area contributed by atoms with Crippen molar-refractivity contribution in [3.8, 4) is 17.2 Å². The molecule has 2 aromatic heterocycles. The maximum atomic E-state index is 12.5. The van der Waals surface area contributed by atoms with Crippen LogP contribution in [0.5, 0.6) is 0 Å². The maximum Gasteiger partial charge on any atom is 0.338 e. The topological polar surface area (TPSA) is 112 Å². The van der Waals surface area contributed by atoms with Gasteiger partial charge in [0.1, 0.15) is 5.69 Å². The number of carbonyl (C=O) groups is 2. The minimum atomic E-state index is -0.398. The van der Waals surface area contributed by atoms with Gasteiger partial charge in [-0.25, -0.2) is 9.78 Å². The van der Waals surface area contributed by atoms with Crippen molar-refractivity contribution < 1.29 is 14.3 Å². The van der Waals surface area contributed by atoms with Crippen molar-refractivity contribution in [1.82, 2.24) is 24.7 Å². The predicted octanol–water partition coefficient (Wildman–Crippen LogP) is 3.63. The number of ether oxygens (including phenoxy) is 1. The molecule has 0 saturated carbocycles. The predicted molar refractivity (Wildman–Crippen MR) is 124 cm³/mol. The molecule has 0 aliphatic carbocycles. The van der Waals surface area contributed by atoms with Crippen LogP contribution >= 0.6 is 11.8 Å². The quantitative estimate of drug-likeness (QED) is 0.313. The molecule has 0 saturated heterocycles. The standard InChI is InChI=1S/C23H20N6O3S/c1-2-32-22(31)16-8-10-17(11-9-16)26-20(30)15-33-23-28-27-21(19-14-24-12-13-25-19)29(23)18-6-4-3-5-7-18/h3-14H,2,15H2,1H3,(H,26,30). The van der Waals surface area contributed by atoms with E-state index < -0.39 is 5.97 Å². The molecule has 10 heteroatoms. The van der Waals surface area contributed by atoms with E-state index in [0.717, 1.165) is 5.69 Å². The second-order valence-corrected chi connectivity index (χ2v) is 7.64. The highest BCUT2D eigenvalue weighted by Gasteiger charge is 2.18. The summed E-state index contributed by atoms with van der Waals surface area (Å²) >= 11 is 1.25. The number of amides is 1. The number of aromatic nitrogens is 5. The van der Waals surface area contributed by atoms with Gasteiger partial charge in [-0.2, -0.15) is 0 Å². The summed E-state index contributed by atoms with van der Waals surface area (Å²) in [4.78, 5) is 32.7. The third-order valence-electron chi connectivity index (χ3n) is 4.45. The van der Waals surface area contributed by atoms with Gasteiger partial charge in [0.2, 0.25) is 5.91 Å². The lowest BCUT2D eigenvalue weighted by atomic mass is 10.2. The Labute approximate surface area is 194 Å². The first-order valence-corrected chi connectivity index (χ1v) is 11.1. The molecule has 2 heterocycles. The van der Waals surface area contributed by atoms with Gasteiger partial charge in [-0.1, -0.05) is 30.0 Å². The molecule has 0 unspecified atom stereocenters. The van der Waals surface area contributed by atoms with E-state index >= 15 is 0 Å². The Morgan fingerprint density at radius 1 is 1.03 bits per heavy atom. The molecule has 0 aliphatic heterocycles. The van der Waals surface area contributed by atoms with E-state index in [1.807, 2.05) is 34.9 Å². The normalized spacial score (nSPS) is 10.6. The highest BCUT2D eigenvalue weighted by molar-refractivity contribution is 7.99. The molecule has 1 N–H and O–H groups in total. The Morgan fingerprint density at radius 2 is 1.82 bits per heavy atom. The largest absolute Gasteiger partial charge is 0.462 e. The van der Waals surface area contributed by atoms with Gasteiger partial charge >= 0.3 is 5.97 Å². The smallest absolute Gasteiger partial charge is 0.338 e. The van der Waals surface area contributed by atoms with E-state index in [-0.39, 0.29) is 11.7 Å². The Hall–Kier alpha value is -4.05. The summed E-state index contributed by atoms with van der Waals surface area (Å²) in [6, 6.07) is 16.1. The number of esters is 1. The fraction of sp³-hybridized carbons (Fsp3) is 0.130. The van der Waals surface area contributed by atoms with Crippen LogP contribution < -0.4 is 5.32 Å². The second kappa shape index (κ2) is 10.5. The molecule has 33 heavy (non-hydrogen) atoms. The van der Waals surface area contributed by atoms with Gasteiger partial charge in [0.25, 0.3) is 0 Å². The van der Waals surface area contributed by atoms with Gasteiger partial charge in [0, 0.05) is 23.8 Å². The molecule has 0 spiro atoms. The van der Waals surface area contributed by atoms with Gasteiger partial charge in [0.15, 0.2) is 11.0 Å². The van der Waals surface area contributed by atoms with Crippen molar-refractivity contribution >= 4 is 29.3 Å². The molecule has 0 atom stereocenters. The number of thioether (sulfide) groups is 1. The Morgan fingerprint density at radius 3 is 2.52 bits per heavy atom. The number of hydrogen-bond acceptors (Lipinski definition) is 8. The highest BCUT2D eigenvalue weighted by Crippen LogP contribution is 2.26. The van der Waals surface area contributed by atoms with Gasteiger partial charge in [-0.15, -0.1) is 10.2 Å². The summed E-state index contributed by atoms with van der Waals surface area (Å²) in [6.45, 7) is 2.06. The van der Waals surface area contributed by atoms with E-state index in [1.54, 1.807) is 49.8 Å². The molecule has 0 bridgehead atoms. The van der Waals surface area contributed by atoms with E-state index in [1.165, 1.54) is 11.8 Å². The third-order valence-corrected chi connectivity index (χ3v) is 5.38. The average Bonchev–Trinajstić information content (AvgIpc) is 3.28. The third kappa shape index (κ3) is 5.42. The summed E-state index contributed by atoms with van der Waals surface area (Å²) < 4.78 is 6.81. The summed E-state index contributed by atoms with van der Waals surface area (Å²) in [5.74, 6) is 0.0369. The number of hydrogen-bond donors (Lipinski definition) is 1. The number of rotatable bonds is 8. The van der Waals surface area contributed by atoms with Crippen LogP contribution in [0.1, 0.15) is 17.3 Å². The van der Waals surface area contributed by atoms with E-state index in [0.29, 0.717) is 34.5 Å².